The molecule has 1 heterocycles. The normalized spacial score (nSPS) is 29.6. The maximum Gasteiger partial charge on any atom is 0.277 e. The fourth-order valence-electron chi connectivity index (χ4n) is 4.04. The molecule has 1 saturated heterocycles. The first kappa shape index (κ1) is 15.8. The Morgan fingerprint density at radius 2 is 1.77 bits per heavy atom. The van der Waals surface area contributed by atoms with E-state index in [2.05, 4.69) is 10.2 Å². The van der Waals surface area contributed by atoms with Crippen LogP contribution in [0, 0.1) is 11.8 Å². The van der Waals surface area contributed by atoms with Gasteiger partial charge in [0.2, 0.25) is 0 Å². The van der Waals surface area contributed by atoms with Gasteiger partial charge in [0.05, 0.1) is 7.05 Å². The van der Waals surface area contributed by atoms with Crippen LogP contribution in [0.4, 0.5) is 0 Å². The van der Waals surface area contributed by atoms with Gasteiger partial charge in [-0.2, -0.15) is 0 Å². The van der Waals surface area contributed by atoms with E-state index in [1.165, 1.54) is 32.1 Å². The van der Waals surface area contributed by atoms with Gasteiger partial charge in [0.1, 0.15) is 0 Å². The highest BCUT2D eigenvalue weighted by atomic mass is 16.2. The van der Waals surface area contributed by atoms with E-state index in [4.69, 9.17) is 0 Å². The van der Waals surface area contributed by atoms with Crippen molar-refractivity contribution in [1.82, 2.24) is 10.2 Å². The molecule has 2 saturated carbocycles. The summed E-state index contributed by atoms with van der Waals surface area (Å²) in [5, 5.41) is 2.99. The van der Waals surface area contributed by atoms with Crippen molar-refractivity contribution in [3.05, 3.63) is 0 Å². The van der Waals surface area contributed by atoms with Gasteiger partial charge in [-0.1, -0.05) is 19.3 Å². The second-order valence-corrected chi connectivity index (χ2v) is 7.59. The predicted molar refractivity (Wildman–Crippen MR) is 84.4 cm³/mol. The number of fused-ring (bicyclic) bond motifs is 1. The summed E-state index contributed by atoms with van der Waals surface area (Å²) in [4.78, 5) is 27.3. The van der Waals surface area contributed by atoms with Gasteiger partial charge in [-0.15, -0.1) is 0 Å². The molecule has 0 aromatic rings. The number of piperidine rings is 1. The largest absolute Gasteiger partial charge is 0.348 e. The van der Waals surface area contributed by atoms with Gasteiger partial charge in [-0.25, -0.2) is 0 Å². The van der Waals surface area contributed by atoms with Crippen molar-refractivity contribution in [3.8, 4) is 0 Å². The number of quaternary nitrogens is 1. The van der Waals surface area contributed by atoms with Crippen molar-refractivity contribution >= 4 is 11.8 Å². The van der Waals surface area contributed by atoms with E-state index in [9.17, 15) is 9.59 Å². The van der Waals surface area contributed by atoms with Crippen molar-refractivity contribution in [2.24, 2.45) is 11.8 Å². The Hall–Kier alpha value is -1.10. The quantitative estimate of drug-likeness (QED) is 0.740. The molecule has 0 bridgehead atoms. The van der Waals surface area contributed by atoms with Crippen LogP contribution >= 0.6 is 0 Å². The summed E-state index contributed by atoms with van der Waals surface area (Å²) in [5.41, 5.74) is 0. The lowest BCUT2D eigenvalue weighted by atomic mass is 9.75. The minimum Gasteiger partial charge on any atom is -0.348 e. The third-order valence-electron chi connectivity index (χ3n) is 5.50. The van der Waals surface area contributed by atoms with E-state index in [0.29, 0.717) is 19.1 Å². The molecule has 3 atom stereocenters. The Kier molecular flexibility index (Phi) is 5.01. The van der Waals surface area contributed by atoms with E-state index in [0.717, 1.165) is 42.7 Å². The highest BCUT2D eigenvalue weighted by Crippen LogP contribution is 2.35. The first-order chi connectivity index (χ1) is 10.6. The highest BCUT2D eigenvalue weighted by Gasteiger charge is 2.33. The summed E-state index contributed by atoms with van der Waals surface area (Å²) >= 11 is 0. The number of carbonyl (C=O) groups is 2. The average Bonchev–Trinajstić information content (AvgIpc) is 3.30. The van der Waals surface area contributed by atoms with Gasteiger partial charge in [0.25, 0.3) is 11.8 Å². The van der Waals surface area contributed by atoms with Crippen molar-refractivity contribution < 1.29 is 14.5 Å². The molecule has 5 heteroatoms. The number of carbonyl (C=O) groups excluding carboxylic acids is 2. The van der Waals surface area contributed by atoms with Crippen LogP contribution in [0.25, 0.3) is 0 Å². The standard InChI is InChI=1S/C17H29N3O2/c1-19(11-16(21)18-15-6-7-15)12-17(22)20-9-8-13-4-2-3-5-14(13)10-20/h13-15H,2-12H2,1H3,(H,18,21)/p+1/t13-,14-/m1/s1. The first-order valence-electron chi connectivity index (χ1n) is 9.00. The second kappa shape index (κ2) is 6.99. The Morgan fingerprint density at radius 3 is 2.50 bits per heavy atom. The van der Waals surface area contributed by atoms with Crippen molar-refractivity contribution in [2.75, 3.05) is 33.2 Å². The SMILES string of the molecule is C[NH+](CC(=O)NC1CC1)CC(=O)N1CC[C@H]2CCCC[C@@H]2C1. The number of likely N-dealkylation sites (N-methyl/N-ethyl adjacent to an activating group) is 1. The van der Waals surface area contributed by atoms with Gasteiger partial charge in [0.15, 0.2) is 13.1 Å². The molecule has 2 aliphatic carbocycles. The summed E-state index contributed by atoms with van der Waals surface area (Å²) in [6.45, 7) is 2.71. The summed E-state index contributed by atoms with van der Waals surface area (Å²) < 4.78 is 0. The lowest BCUT2D eigenvalue weighted by Gasteiger charge is -2.41. The number of rotatable bonds is 5. The fourth-order valence-corrected chi connectivity index (χ4v) is 4.04. The van der Waals surface area contributed by atoms with Crippen LogP contribution in [-0.4, -0.2) is 56.0 Å². The van der Waals surface area contributed by atoms with Crippen LogP contribution in [0.2, 0.25) is 0 Å². The monoisotopic (exact) mass is 308 g/mol. The molecule has 3 rings (SSSR count). The Balaban J connectivity index is 1.41. The van der Waals surface area contributed by atoms with Gasteiger partial charge in [-0.3, -0.25) is 9.59 Å². The summed E-state index contributed by atoms with van der Waals surface area (Å²) in [5.74, 6) is 1.89. The van der Waals surface area contributed by atoms with Crippen LogP contribution in [0.3, 0.4) is 0 Å². The molecule has 3 aliphatic rings. The molecule has 2 N–H and O–H groups in total. The van der Waals surface area contributed by atoms with Gasteiger partial charge < -0.3 is 15.1 Å². The van der Waals surface area contributed by atoms with Crippen LogP contribution in [0.15, 0.2) is 0 Å². The van der Waals surface area contributed by atoms with Gasteiger partial charge in [0, 0.05) is 19.1 Å². The van der Waals surface area contributed by atoms with E-state index in [-0.39, 0.29) is 11.8 Å². The molecule has 2 amide bonds. The van der Waals surface area contributed by atoms with E-state index < -0.39 is 0 Å². The maximum atomic E-state index is 12.5. The third kappa shape index (κ3) is 4.22. The maximum absolute atomic E-state index is 12.5. The molecule has 0 radical (unpaired) electrons. The van der Waals surface area contributed by atoms with Crippen LogP contribution < -0.4 is 10.2 Å². The van der Waals surface area contributed by atoms with E-state index in [1.807, 2.05) is 7.05 Å². The molecule has 0 spiro atoms. The predicted octanol–water partition coefficient (Wildman–Crippen LogP) is -0.182. The molecular weight excluding hydrogens is 278 g/mol. The molecule has 0 aromatic carbocycles. The van der Waals surface area contributed by atoms with Crippen molar-refractivity contribution in [1.29, 1.82) is 0 Å². The second-order valence-electron chi connectivity index (χ2n) is 7.59. The van der Waals surface area contributed by atoms with Crippen LogP contribution in [-0.2, 0) is 9.59 Å². The lowest BCUT2D eigenvalue weighted by Crippen LogP contribution is -3.11. The Morgan fingerprint density at radius 1 is 1.05 bits per heavy atom. The molecule has 0 aromatic heterocycles. The van der Waals surface area contributed by atoms with Crippen molar-refractivity contribution in [3.63, 3.8) is 0 Å². The van der Waals surface area contributed by atoms with Crippen LogP contribution in [0.1, 0.15) is 44.9 Å². The zero-order chi connectivity index (χ0) is 15.5. The van der Waals surface area contributed by atoms with E-state index >= 15 is 0 Å². The van der Waals surface area contributed by atoms with Gasteiger partial charge >= 0.3 is 0 Å². The first-order valence-corrected chi connectivity index (χ1v) is 9.00. The molecule has 124 valence electrons. The Labute approximate surface area is 133 Å². The van der Waals surface area contributed by atoms with E-state index in [1.54, 1.807) is 0 Å². The minimum absolute atomic E-state index is 0.0822. The van der Waals surface area contributed by atoms with Crippen molar-refractivity contribution in [2.45, 2.75) is 51.0 Å². The molecule has 5 nitrogen and oxygen atoms in total. The smallest absolute Gasteiger partial charge is 0.277 e. The van der Waals surface area contributed by atoms with Gasteiger partial charge in [-0.05, 0) is 37.5 Å². The molecule has 22 heavy (non-hydrogen) atoms. The summed E-state index contributed by atoms with van der Waals surface area (Å²) in [7, 11) is 1.94. The minimum atomic E-state index is 0.0822. The summed E-state index contributed by atoms with van der Waals surface area (Å²) in [6.07, 6.45) is 8.76. The molecule has 3 fully saturated rings. The fraction of sp³-hybridized carbons (Fsp3) is 0.882. The average molecular weight is 308 g/mol. The number of hydrogen-bond acceptors (Lipinski definition) is 2. The Bertz CT molecular complexity index is 422. The number of hydrogen-bond donors (Lipinski definition) is 2. The highest BCUT2D eigenvalue weighted by molar-refractivity contribution is 5.79. The lowest BCUT2D eigenvalue weighted by molar-refractivity contribution is -0.863. The number of nitrogens with one attached hydrogen (secondary N) is 2. The van der Waals surface area contributed by atoms with Crippen LogP contribution in [0.5, 0.6) is 0 Å². The topological polar surface area (TPSA) is 53.9 Å². The number of amides is 2. The zero-order valence-corrected chi connectivity index (χ0v) is 13.8. The number of likely N-dealkylation sites (tertiary alicyclic amines) is 1. The molecular formula is C17H30N3O2+. The molecule has 1 unspecified atom stereocenters. The summed E-state index contributed by atoms with van der Waals surface area (Å²) in [6, 6.07) is 0.404. The number of nitrogens with zero attached hydrogens (tertiary/aromatic N) is 1. The molecule has 1 aliphatic heterocycles. The zero-order valence-electron chi connectivity index (χ0n) is 13.8. The third-order valence-corrected chi connectivity index (χ3v) is 5.50.